The Morgan fingerprint density at radius 1 is 0.864 bits per heavy atom. The van der Waals surface area contributed by atoms with Gasteiger partial charge < -0.3 is 14.6 Å². The molecule has 1 N–H and O–H groups in total. The molecule has 2 aromatic rings. The van der Waals surface area contributed by atoms with Gasteiger partial charge in [-0.2, -0.15) is 0 Å². The van der Waals surface area contributed by atoms with Gasteiger partial charge in [-0.25, -0.2) is 0 Å². The molecule has 1 aliphatic heterocycles. The lowest BCUT2D eigenvalue weighted by Crippen LogP contribution is -2.36. The largest absolute Gasteiger partial charge is 0.457 e. The van der Waals surface area contributed by atoms with E-state index in [0.29, 0.717) is 19.1 Å². The van der Waals surface area contributed by atoms with E-state index in [1.807, 2.05) is 0 Å². The van der Waals surface area contributed by atoms with E-state index >= 15 is 0 Å². The molecular formula is C18H24BNO2. The van der Waals surface area contributed by atoms with Gasteiger partial charge in [0.2, 0.25) is 0 Å². The van der Waals surface area contributed by atoms with Gasteiger partial charge in [0.05, 0.1) is 0 Å². The zero-order chi connectivity index (χ0) is 15.0. The van der Waals surface area contributed by atoms with Crippen LogP contribution < -0.4 is 5.32 Å². The van der Waals surface area contributed by atoms with Crippen LogP contribution in [-0.2, 0) is 9.31 Å². The molecule has 0 unspecified atom stereocenters. The summed E-state index contributed by atoms with van der Waals surface area (Å²) in [5.74, 6) is 0.291. The second kappa shape index (κ2) is 8.13. The smallest absolute Gasteiger partial charge is 0.410 e. The predicted molar refractivity (Wildman–Crippen MR) is 92.2 cm³/mol. The highest BCUT2D eigenvalue weighted by atomic mass is 16.6. The highest BCUT2D eigenvalue weighted by Gasteiger charge is 2.26. The Kier molecular flexibility index (Phi) is 5.65. The molecule has 0 radical (unpaired) electrons. The molecule has 116 valence electrons. The third-order valence-electron chi connectivity index (χ3n) is 4.00. The van der Waals surface area contributed by atoms with Crippen LogP contribution in [0, 0.1) is 0 Å². The minimum Gasteiger partial charge on any atom is -0.410 e. The monoisotopic (exact) mass is 297 g/mol. The van der Waals surface area contributed by atoms with E-state index in [1.54, 1.807) is 0 Å². The minimum atomic E-state index is -0.146. The molecule has 1 saturated heterocycles. The summed E-state index contributed by atoms with van der Waals surface area (Å²) >= 11 is 0. The Morgan fingerprint density at radius 2 is 1.36 bits per heavy atom. The molecule has 4 heteroatoms. The standard InChI is InChI=1S/C18H22BNO2.H2/c1-3-7-16(8-4-1)18(17-9-5-2-6-10-17)15-19-21-13-11-20-12-14-22-19;/h1-10,18,20H,11-15H2;1H. The Hall–Kier alpha value is -1.62. The van der Waals surface area contributed by atoms with Crippen molar-refractivity contribution >= 4 is 7.12 Å². The topological polar surface area (TPSA) is 30.5 Å². The minimum absolute atomic E-state index is 0. The SMILES string of the molecule is [HH].c1ccc(C(CB2OCCNCCO2)c2ccccc2)cc1. The highest BCUT2D eigenvalue weighted by molar-refractivity contribution is 6.44. The van der Waals surface area contributed by atoms with Gasteiger partial charge in [-0.05, 0) is 17.4 Å². The molecule has 0 spiro atoms. The quantitative estimate of drug-likeness (QED) is 0.879. The van der Waals surface area contributed by atoms with Crippen molar-refractivity contribution in [1.29, 1.82) is 0 Å². The van der Waals surface area contributed by atoms with Gasteiger partial charge in [-0.3, -0.25) is 0 Å². The van der Waals surface area contributed by atoms with Gasteiger partial charge in [0.25, 0.3) is 0 Å². The van der Waals surface area contributed by atoms with Crippen LogP contribution in [0.5, 0.6) is 0 Å². The van der Waals surface area contributed by atoms with E-state index in [2.05, 4.69) is 66.0 Å². The van der Waals surface area contributed by atoms with E-state index < -0.39 is 0 Å². The zero-order valence-corrected chi connectivity index (χ0v) is 12.8. The van der Waals surface area contributed by atoms with Crippen LogP contribution in [0.15, 0.2) is 60.7 Å². The van der Waals surface area contributed by atoms with Crippen molar-refractivity contribution in [1.82, 2.24) is 5.32 Å². The summed E-state index contributed by atoms with van der Waals surface area (Å²) in [6.07, 6.45) is 0.841. The predicted octanol–water partition coefficient (Wildman–Crippen LogP) is 3.19. The molecule has 2 aromatic carbocycles. The molecule has 1 fully saturated rings. The van der Waals surface area contributed by atoms with E-state index in [0.717, 1.165) is 19.4 Å². The maximum Gasteiger partial charge on any atom is 0.457 e. The molecule has 1 heterocycles. The Balaban J connectivity index is 0.00000192. The van der Waals surface area contributed by atoms with E-state index in [9.17, 15) is 0 Å². The number of benzene rings is 2. The zero-order valence-electron chi connectivity index (χ0n) is 12.8. The number of hydrogen-bond donors (Lipinski definition) is 1. The van der Waals surface area contributed by atoms with Crippen LogP contribution in [0.4, 0.5) is 0 Å². The van der Waals surface area contributed by atoms with Crippen LogP contribution in [0.1, 0.15) is 18.5 Å². The second-order valence-electron chi connectivity index (χ2n) is 5.53. The van der Waals surface area contributed by atoms with Crippen molar-refractivity contribution in [2.45, 2.75) is 12.2 Å². The molecule has 0 atom stereocenters. The number of hydrogen-bond acceptors (Lipinski definition) is 3. The lowest BCUT2D eigenvalue weighted by Gasteiger charge is -2.24. The van der Waals surface area contributed by atoms with Gasteiger partial charge in [0.1, 0.15) is 0 Å². The third kappa shape index (κ3) is 4.20. The molecule has 3 nitrogen and oxygen atoms in total. The first-order valence-corrected chi connectivity index (χ1v) is 7.97. The van der Waals surface area contributed by atoms with Gasteiger partial charge >= 0.3 is 7.12 Å². The fourth-order valence-electron chi connectivity index (χ4n) is 2.86. The van der Waals surface area contributed by atoms with Crippen LogP contribution in [-0.4, -0.2) is 33.4 Å². The number of nitrogens with one attached hydrogen (secondary N) is 1. The van der Waals surface area contributed by atoms with Crippen LogP contribution in [0.3, 0.4) is 0 Å². The summed E-state index contributed by atoms with van der Waals surface area (Å²) in [6.45, 7) is 3.17. The fourth-order valence-corrected chi connectivity index (χ4v) is 2.86. The first-order valence-electron chi connectivity index (χ1n) is 7.97. The van der Waals surface area contributed by atoms with Crippen LogP contribution in [0.25, 0.3) is 0 Å². The van der Waals surface area contributed by atoms with E-state index in [4.69, 9.17) is 9.31 Å². The molecule has 3 rings (SSSR count). The molecule has 1 aliphatic rings. The van der Waals surface area contributed by atoms with Crippen molar-refractivity contribution in [3.8, 4) is 0 Å². The maximum atomic E-state index is 5.87. The van der Waals surface area contributed by atoms with E-state index in [-0.39, 0.29) is 8.55 Å². The lowest BCUT2D eigenvalue weighted by molar-refractivity contribution is 0.176. The van der Waals surface area contributed by atoms with Gasteiger partial charge in [0.15, 0.2) is 0 Å². The molecule has 22 heavy (non-hydrogen) atoms. The summed E-state index contributed by atoms with van der Waals surface area (Å²) < 4.78 is 11.7. The Labute approximate surface area is 134 Å². The Bertz CT molecular complexity index is 508. The lowest BCUT2D eigenvalue weighted by atomic mass is 9.72. The van der Waals surface area contributed by atoms with Crippen LogP contribution in [0.2, 0.25) is 6.32 Å². The summed E-state index contributed by atoms with van der Waals surface area (Å²) in [5, 5.41) is 3.27. The van der Waals surface area contributed by atoms with Gasteiger partial charge in [0, 0.05) is 33.6 Å². The van der Waals surface area contributed by atoms with Gasteiger partial charge in [-0.15, -0.1) is 0 Å². The fraction of sp³-hybridized carbons (Fsp3) is 0.333. The number of rotatable bonds is 4. The first kappa shape index (κ1) is 15.3. The summed E-state index contributed by atoms with van der Waals surface area (Å²) in [7, 11) is -0.146. The van der Waals surface area contributed by atoms with Crippen molar-refractivity contribution in [3.05, 3.63) is 71.8 Å². The summed E-state index contributed by atoms with van der Waals surface area (Å²) in [6, 6.07) is 21.2. The van der Waals surface area contributed by atoms with Gasteiger partial charge in [-0.1, -0.05) is 60.7 Å². The summed E-state index contributed by atoms with van der Waals surface area (Å²) in [4.78, 5) is 0. The van der Waals surface area contributed by atoms with Crippen molar-refractivity contribution in [3.63, 3.8) is 0 Å². The molecule has 0 aromatic heterocycles. The molecule has 0 amide bonds. The molecule has 0 aliphatic carbocycles. The summed E-state index contributed by atoms with van der Waals surface area (Å²) in [5.41, 5.74) is 2.61. The second-order valence-corrected chi connectivity index (χ2v) is 5.53. The van der Waals surface area contributed by atoms with Crippen molar-refractivity contribution in [2.24, 2.45) is 0 Å². The third-order valence-corrected chi connectivity index (χ3v) is 4.00. The first-order chi connectivity index (χ1) is 10.9. The average Bonchev–Trinajstić information content (AvgIpc) is 2.56. The Morgan fingerprint density at radius 3 is 1.86 bits per heavy atom. The maximum absolute atomic E-state index is 5.87. The molecule has 0 bridgehead atoms. The average molecular weight is 297 g/mol. The highest BCUT2D eigenvalue weighted by Crippen LogP contribution is 2.30. The molecular weight excluding hydrogens is 273 g/mol. The van der Waals surface area contributed by atoms with Crippen molar-refractivity contribution < 1.29 is 10.7 Å². The van der Waals surface area contributed by atoms with E-state index in [1.165, 1.54) is 11.1 Å². The normalized spacial score (nSPS) is 16.3. The van der Waals surface area contributed by atoms with Crippen molar-refractivity contribution in [2.75, 3.05) is 26.3 Å². The molecule has 0 saturated carbocycles. The van der Waals surface area contributed by atoms with Crippen LogP contribution >= 0.6 is 0 Å².